The van der Waals surface area contributed by atoms with Crippen molar-refractivity contribution in [1.29, 1.82) is 0 Å². The second kappa shape index (κ2) is 10.6. The lowest BCUT2D eigenvalue weighted by atomic mass is 9.49. The summed E-state index contributed by atoms with van der Waals surface area (Å²) < 4.78 is 19.2. The Morgan fingerprint density at radius 3 is 2.49 bits per heavy atom. The molecule has 4 nitrogen and oxygen atoms in total. The Hall–Kier alpha value is -1.46. The quantitative estimate of drug-likeness (QED) is 0.438. The van der Waals surface area contributed by atoms with Crippen molar-refractivity contribution in [3.63, 3.8) is 0 Å². The summed E-state index contributed by atoms with van der Waals surface area (Å²) in [5, 5.41) is 11.2. The summed E-state index contributed by atoms with van der Waals surface area (Å²) in [4.78, 5) is 16.0. The van der Waals surface area contributed by atoms with E-state index in [1.54, 1.807) is 0 Å². The normalized spacial score (nSPS) is 39.8. The summed E-state index contributed by atoms with van der Waals surface area (Å²) in [5.41, 5.74) is 0.455. The Bertz CT molecular complexity index is 952. The van der Waals surface area contributed by atoms with Gasteiger partial charge >= 0.3 is 0 Å². The summed E-state index contributed by atoms with van der Waals surface area (Å²) in [6, 6.07) is 6.65. The molecule has 0 unspecified atom stereocenters. The minimum absolute atomic E-state index is 0.0137. The molecule has 1 aromatic rings. The van der Waals surface area contributed by atoms with E-state index in [0.717, 1.165) is 61.8 Å². The van der Waals surface area contributed by atoms with E-state index in [2.05, 4.69) is 13.8 Å². The monoisotopic (exact) mass is 513 g/mol. The van der Waals surface area contributed by atoms with Crippen molar-refractivity contribution in [3.05, 3.63) is 35.6 Å². The fourth-order valence-electron chi connectivity index (χ4n) is 9.61. The predicted octanol–water partition coefficient (Wildman–Crippen LogP) is 6.77. The fraction of sp³-hybridized carbons (Fsp3) is 0.781. The fourth-order valence-corrected chi connectivity index (χ4v) is 9.61. The minimum Gasteiger partial charge on any atom is -0.387 e. The molecule has 0 radical (unpaired) electrons. The lowest BCUT2D eigenvalue weighted by Crippen LogP contribution is -2.53. The predicted molar refractivity (Wildman–Crippen MR) is 144 cm³/mol. The Labute approximate surface area is 223 Å². The standard InChI is InChI=1S/C32H48FNO3/c1-5-29(21-7-10-23(33)11-8-21)34(4)30(35)28-14-13-27-26-12-9-22-19-32(36,20-37-6-2)18-16-24(22)25(26)15-17-31(27,28)3/h7-8,10-11,22,24-29,36H,5-6,9,12-20H2,1-4H3/t22-,24+,25-,26-,27+,28-,29+,31+,32-/m1/s1. The van der Waals surface area contributed by atoms with Gasteiger partial charge in [-0.1, -0.05) is 26.0 Å². The maximum atomic E-state index is 14.0. The molecule has 206 valence electrons. The molecule has 0 heterocycles. The average molecular weight is 514 g/mol. The number of amides is 1. The second-order valence-corrected chi connectivity index (χ2v) is 13.1. The number of fused-ring (bicyclic) bond motifs is 5. The van der Waals surface area contributed by atoms with Crippen LogP contribution < -0.4 is 0 Å². The van der Waals surface area contributed by atoms with Crippen molar-refractivity contribution in [3.8, 4) is 0 Å². The highest BCUT2D eigenvalue weighted by Crippen LogP contribution is 2.65. The van der Waals surface area contributed by atoms with E-state index in [0.29, 0.717) is 25.0 Å². The Morgan fingerprint density at radius 2 is 1.78 bits per heavy atom. The number of carbonyl (C=O) groups is 1. The van der Waals surface area contributed by atoms with Crippen LogP contribution in [0.3, 0.4) is 0 Å². The number of hydrogen-bond donors (Lipinski definition) is 1. The topological polar surface area (TPSA) is 49.8 Å². The number of halogens is 1. The molecule has 0 aromatic heterocycles. The highest BCUT2D eigenvalue weighted by molar-refractivity contribution is 5.80. The molecule has 1 amide bonds. The van der Waals surface area contributed by atoms with Crippen molar-refractivity contribution < 1.29 is 19.0 Å². The summed E-state index contributed by atoms with van der Waals surface area (Å²) in [6.45, 7) is 7.68. The Kier molecular flexibility index (Phi) is 7.77. The van der Waals surface area contributed by atoms with Crippen LogP contribution in [-0.4, -0.2) is 41.8 Å². The van der Waals surface area contributed by atoms with E-state index in [4.69, 9.17) is 4.74 Å². The van der Waals surface area contributed by atoms with Crippen LogP contribution in [-0.2, 0) is 9.53 Å². The molecule has 0 saturated heterocycles. The van der Waals surface area contributed by atoms with Crippen molar-refractivity contribution in [2.75, 3.05) is 20.3 Å². The molecule has 5 rings (SSSR count). The van der Waals surface area contributed by atoms with E-state index in [-0.39, 0.29) is 29.1 Å². The summed E-state index contributed by atoms with van der Waals surface area (Å²) in [5.74, 6) is 3.58. The third-order valence-corrected chi connectivity index (χ3v) is 11.4. The van der Waals surface area contributed by atoms with Crippen LogP contribution in [0.15, 0.2) is 24.3 Å². The lowest BCUT2D eigenvalue weighted by molar-refractivity contribution is -0.147. The molecule has 4 saturated carbocycles. The number of aliphatic hydroxyl groups is 1. The number of benzene rings is 1. The van der Waals surface area contributed by atoms with Gasteiger partial charge in [0, 0.05) is 19.6 Å². The molecule has 0 aliphatic heterocycles. The van der Waals surface area contributed by atoms with Gasteiger partial charge < -0.3 is 14.7 Å². The van der Waals surface area contributed by atoms with E-state index >= 15 is 0 Å². The van der Waals surface area contributed by atoms with Crippen LogP contribution >= 0.6 is 0 Å². The largest absolute Gasteiger partial charge is 0.387 e. The molecule has 37 heavy (non-hydrogen) atoms. The Balaban J connectivity index is 1.28. The van der Waals surface area contributed by atoms with Gasteiger partial charge in [-0.2, -0.15) is 0 Å². The summed E-state index contributed by atoms with van der Waals surface area (Å²) >= 11 is 0. The van der Waals surface area contributed by atoms with Crippen molar-refractivity contribution >= 4 is 5.91 Å². The zero-order chi connectivity index (χ0) is 26.4. The smallest absolute Gasteiger partial charge is 0.226 e. The van der Waals surface area contributed by atoms with Gasteiger partial charge in [0.1, 0.15) is 5.82 Å². The van der Waals surface area contributed by atoms with Gasteiger partial charge in [0.2, 0.25) is 5.91 Å². The molecule has 0 spiro atoms. The van der Waals surface area contributed by atoms with Crippen LogP contribution in [0, 0.1) is 46.7 Å². The number of carbonyl (C=O) groups excluding carboxylic acids is 1. The summed E-state index contributed by atoms with van der Waals surface area (Å²) in [7, 11) is 1.96. The zero-order valence-corrected chi connectivity index (χ0v) is 23.4. The molecule has 4 fully saturated rings. The third kappa shape index (κ3) is 4.88. The van der Waals surface area contributed by atoms with Crippen LogP contribution in [0.4, 0.5) is 4.39 Å². The van der Waals surface area contributed by atoms with E-state index in [1.165, 1.54) is 37.8 Å². The van der Waals surface area contributed by atoms with Gasteiger partial charge in [0.25, 0.3) is 0 Å². The van der Waals surface area contributed by atoms with Gasteiger partial charge in [-0.3, -0.25) is 4.79 Å². The zero-order valence-electron chi connectivity index (χ0n) is 23.4. The first-order valence-corrected chi connectivity index (χ1v) is 15.0. The van der Waals surface area contributed by atoms with Crippen LogP contribution in [0.1, 0.15) is 96.6 Å². The Morgan fingerprint density at radius 1 is 1.05 bits per heavy atom. The highest BCUT2D eigenvalue weighted by atomic mass is 19.1. The van der Waals surface area contributed by atoms with Gasteiger partial charge in [-0.15, -0.1) is 0 Å². The number of rotatable bonds is 7. The number of ether oxygens (including phenoxy) is 1. The maximum Gasteiger partial charge on any atom is 0.226 e. The minimum atomic E-state index is -0.636. The van der Waals surface area contributed by atoms with Crippen LogP contribution in [0.25, 0.3) is 0 Å². The molecule has 5 heteroatoms. The number of nitrogens with zero attached hydrogens (tertiary/aromatic N) is 1. The van der Waals surface area contributed by atoms with Crippen molar-refractivity contribution in [2.45, 2.75) is 96.6 Å². The molecular weight excluding hydrogens is 465 g/mol. The molecular formula is C32H48FNO3. The van der Waals surface area contributed by atoms with Crippen LogP contribution in [0.5, 0.6) is 0 Å². The molecule has 4 aliphatic rings. The first kappa shape index (κ1) is 27.1. The first-order valence-electron chi connectivity index (χ1n) is 15.0. The lowest BCUT2D eigenvalue weighted by Gasteiger charge is -2.57. The average Bonchev–Trinajstić information content (AvgIpc) is 3.25. The SMILES string of the molecule is CCOC[C@@]1(O)CC[C@H]2[C@H](CC[C@@H]3[C@@H]2CC[C@]2(C)[C@@H](C(=O)N(C)[C@@H](CC)c4ccc(F)cc4)CC[C@@H]32)C1. The third-order valence-electron chi connectivity index (χ3n) is 11.4. The number of hydrogen-bond acceptors (Lipinski definition) is 3. The highest BCUT2D eigenvalue weighted by Gasteiger charge is 2.59. The van der Waals surface area contributed by atoms with Gasteiger partial charge in [0.15, 0.2) is 0 Å². The summed E-state index contributed by atoms with van der Waals surface area (Å²) in [6.07, 6.45) is 10.7. The molecule has 0 bridgehead atoms. The van der Waals surface area contributed by atoms with E-state index in [9.17, 15) is 14.3 Å². The first-order chi connectivity index (χ1) is 17.7. The van der Waals surface area contributed by atoms with Gasteiger partial charge in [-0.25, -0.2) is 4.39 Å². The van der Waals surface area contributed by atoms with Gasteiger partial charge in [-0.05, 0) is 124 Å². The van der Waals surface area contributed by atoms with Crippen LogP contribution in [0.2, 0.25) is 0 Å². The molecule has 1 N–H and O–H groups in total. The van der Waals surface area contributed by atoms with Gasteiger partial charge in [0.05, 0.1) is 18.2 Å². The maximum absolute atomic E-state index is 14.0. The van der Waals surface area contributed by atoms with Crippen molar-refractivity contribution in [2.24, 2.45) is 40.9 Å². The van der Waals surface area contributed by atoms with E-state index in [1.807, 2.05) is 31.0 Å². The molecule has 9 atom stereocenters. The van der Waals surface area contributed by atoms with E-state index < -0.39 is 5.60 Å². The van der Waals surface area contributed by atoms with Crippen molar-refractivity contribution in [1.82, 2.24) is 4.90 Å². The molecule has 1 aromatic carbocycles. The molecule has 4 aliphatic carbocycles. The second-order valence-electron chi connectivity index (χ2n) is 13.1.